The molecule has 31 heavy (non-hydrogen) atoms. The van der Waals surface area contributed by atoms with E-state index in [2.05, 4.69) is 17.6 Å². The highest BCUT2D eigenvalue weighted by Crippen LogP contribution is 2.15. The third-order valence-electron chi connectivity index (χ3n) is 5.38. The second-order valence-electron chi connectivity index (χ2n) is 9.41. The van der Waals surface area contributed by atoms with Crippen molar-refractivity contribution in [1.29, 1.82) is 0 Å². The van der Waals surface area contributed by atoms with E-state index >= 15 is 0 Å². The third kappa shape index (κ3) is 7.89. The van der Waals surface area contributed by atoms with Crippen molar-refractivity contribution in [1.82, 2.24) is 20.4 Å². The molecule has 0 aliphatic carbocycles. The number of carbonyl (C=O) groups excluding carboxylic acids is 3. The Balaban J connectivity index is 2.08. The van der Waals surface area contributed by atoms with Gasteiger partial charge in [0.15, 0.2) is 0 Å². The zero-order valence-electron chi connectivity index (χ0n) is 19.6. The van der Waals surface area contributed by atoms with Gasteiger partial charge in [0.05, 0.1) is 0 Å². The summed E-state index contributed by atoms with van der Waals surface area (Å²) in [5, 5.41) is 5.74. The monoisotopic (exact) mass is 430 g/mol. The van der Waals surface area contributed by atoms with Crippen LogP contribution in [0.5, 0.6) is 0 Å². The smallest absolute Gasteiger partial charge is 0.315 e. The quantitative estimate of drug-likeness (QED) is 0.698. The molecule has 1 aliphatic heterocycles. The summed E-state index contributed by atoms with van der Waals surface area (Å²) >= 11 is 0. The molecule has 0 radical (unpaired) electrons. The van der Waals surface area contributed by atoms with Gasteiger partial charge in [0.2, 0.25) is 11.8 Å². The fraction of sp³-hybridized carbons (Fsp3) is 0.625. The van der Waals surface area contributed by atoms with Crippen LogP contribution < -0.4 is 10.6 Å². The maximum Gasteiger partial charge on any atom is 0.315 e. The number of rotatable bonds is 7. The minimum atomic E-state index is -0.667. The molecular weight excluding hydrogens is 392 g/mol. The van der Waals surface area contributed by atoms with Gasteiger partial charge in [-0.2, -0.15) is 0 Å². The molecule has 172 valence electrons. The summed E-state index contributed by atoms with van der Waals surface area (Å²) in [7, 11) is 0. The fourth-order valence-electron chi connectivity index (χ4n) is 3.81. The van der Waals surface area contributed by atoms with E-state index in [1.54, 1.807) is 4.90 Å². The third-order valence-corrected chi connectivity index (χ3v) is 5.38. The van der Waals surface area contributed by atoms with Crippen LogP contribution in [0, 0.1) is 0 Å². The second kappa shape index (κ2) is 11.2. The van der Waals surface area contributed by atoms with E-state index in [0.717, 1.165) is 18.4 Å². The molecule has 0 bridgehead atoms. The Labute approximate surface area is 186 Å². The lowest BCUT2D eigenvalue weighted by molar-refractivity contribution is -0.143. The van der Waals surface area contributed by atoms with Crippen molar-refractivity contribution < 1.29 is 14.4 Å². The lowest BCUT2D eigenvalue weighted by atomic mass is 10.0. The summed E-state index contributed by atoms with van der Waals surface area (Å²) in [6, 6.07) is 8.62. The molecule has 1 aromatic rings. The summed E-state index contributed by atoms with van der Waals surface area (Å²) in [5.74, 6) is 0.0467. The number of benzene rings is 1. The van der Waals surface area contributed by atoms with Crippen LogP contribution in [0.2, 0.25) is 0 Å². The Bertz CT molecular complexity index is 745. The predicted molar refractivity (Wildman–Crippen MR) is 123 cm³/mol. The second-order valence-corrected chi connectivity index (χ2v) is 9.41. The highest BCUT2D eigenvalue weighted by Gasteiger charge is 2.33. The SMILES string of the molecule is CCCCC(=O)N1CCN(C(=O)C(Cc2ccccc2)NC(=O)NC(C)(C)C)CC1C. The average Bonchev–Trinajstić information content (AvgIpc) is 2.70. The Hall–Kier alpha value is -2.57. The number of nitrogens with one attached hydrogen (secondary N) is 2. The number of amides is 4. The van der Waals surface area contributed by atoms with Crippen LogP contribution >= 0.6 is 0 Å². The van der Waals surface area contributed by atoms with Gasteiger partial charge >= 0.3 is 6.03 Å². The van der Waals surface area contributed by atoms with E-state index in [9.17, 15) is 14.4 Å². The van der Waals surface area contributed by atoms with Gasteiger partial charge in [0.1, 0.15) is 6.04 Å². The molecule has 1 aliphatic rings. The lowest BCUT2D eigenvalue weighted by Gasteiger charge is -2.41. The van der Waals surface area contributed by atoms with Crippen molar-refractivity contribution in [3.63, 3.8) is 0 Å². The number of hydrogen-bond acceptors (Lipinski definition) is 3. The number of piperazine rings is 1. The molecule has 2 unspecified atom stereocenters. The highest BCUT2D eigenvalue weighted by atomic mass is 16.2. The molecular formula is C24H38N4O3. The molecule has 1 fully saturated rings. The van der Waals surface area contributed by atoms with Gasteiger partial charge < -0.3 is 20.4 Å². The normalized spacial score (nSPS) is 17.8. The molecule has 7 nitrogen and oxygen atoms in total. The van der Waals surface area contributed by atoms with Gasteiger partial charge in [-0.25, -0.2) is 4.79 Å². The molecule has 1 heterocycles. The minimum absolute atomic E-state index is 0.0390. The molecule has 4 amide bonds. The molecule has 1 aromatic carbocycles. The van der Waals surface area contributed by atoms with Gasteiger partial charge in [-0.05, 0) is 39.7 Å². The van der Waals surface area contributed by atoms with Crippen LogP contribution in [-0.4, -0.2) is 64.9 Å². The first-order chi connectivity index (χ1) is 14.6. The van der Waals surface area contributed by atoms with Crippen molar-refractivity contribution >= 4 is 17.8 Å². The number of urea groups is 1. The molecule has 2 N–H and O–H groups in total. The standard InChI is InChI=1S/C24H38N4O3/c1-6-7-13-21(29)28-15-14-27(17-18(28)2)22(30)20(16-19-11-9-8-10-12-19)25-23(31)26-24(3,4)5/h8-12,18,20H,6-7,13-17H2,1-5H3,(H2,25,26,31). The summed E-state index contributed by atoms with van der Waals surface area (Å²) in [6.07, 6.45) is 2.85. The number of unbranched alkanes of at least 4 members (excludes halogenated alkanes) is 1. The van der Waals surface area contributed by atoms with Gasteiger partial charge in [-0.3, -0.25) is 9.59 Å². The van der Waals surface area contributed by atoms with Crippen LogP contribution in [0.15, 0.2) is 30.3 Å². The van der Waals surface area contributed by atoms with E-state index < -0.39 is 11.6 Å². The van der Waals surface area contributed by atoms with Crippen LogP contribution in [0.25, 0.3) is 0 Å². The highest BCUT2D eigenvalue weighted by molar-refractivity contribution is 5.88. The number of hydrogen-bond donors (Lipinski definition) is 2. The van der Waals surface area contributed by atoms with Crippen molar-refractivity contribution in [3.05, 3.63) is 35.9 Å². The van der Waals surface area contributed by atoms with Crippen LogP contribution in [0.4, 0.5) is 4.79 Å². The van der Waals surface area contributed by atoms with E-state index in [0.29, 0.717) is 32.5 Å². The first kappa shape index (κ1) is 24.7. The zero-order chi connectivity index (χ0) is 23.0. The van der Waals surface area contributed by atoms with Crippen LogP contribution in [0.3, 0.4) is 0 Å². The van der Waals surface area contributed by atoms with Crippen molar-refractivity contribution in [3.8, 4) is 0 Å². The van der Waals surface area contributed by atoms with E-state index in [-0.39, 0.29) is 23.9 Å². The Morgan fingerprint density at radius 2 is 1.81 bits per heavy atom. The minimum Gasteiger partial charge on any atom is -0.337 e. The molecule has 0 saturated carbocycles. The fourth-order valence-corrected chi connectivity index (χ4v) is 3.81. The van der Waals surface area contributed by atoms with Crippen molar-refractivity contribution in [2.75, 3.05) is 19.6 Å². The van der Waals surface area contributed by atoms with Crippen molar-refractivity contribution in [2.24, 2.45) is 0 Å². The van der Waals surface area contributed by atoms with Crippen molar-refractivity contribution in [2.45, 2.75) is 77.9 Å². The average molecular weight is 431 g/mol. The van der Waals surface area contributed by atoms with E-state index in [1.165, 1.54) is 0 Å². The van der Waals surface area contributed by atoms with Crippen LogP contribution in [0.1, 0.15) is 59.4 Å². The molecule has 2 atom stereocenters. The number of nitrogens with zero attached hydrogens (tertiary/aromatic N) is 2. The topological polar surface area (TPSA) is 81.8 Å². The number of carbonyl (C=O) groups is 3. The largest absolute Gasteiger partial charge is 0.337 e. The summed E-state index contributed by atoms with van der Waals surface area (Å²) in [4.78, 5) is 42.0. The maximum absolute atomic E-state index is 13.4. The van der Waals surface area contributed by atoms with Gasteiger partial charge in [-0.15, -0.1) is 0 Å². The molecule has 7 heteroatoms. The Kier molecular flexibility index (Phi) is 8.89. The Morgan fingerprint density at radius 1 is 1.13 bits per heavy atom. The first-order valence-electron chi connectivity index (χ1n) is 11.3. The lowest BCUT2D eigenvalue weighted by Crippen LogP contribution is -2.60. The van der Waals surface area contributed by atoms with E-state index in [4.69, 9.17) is 0 Å². The molecule has 0 aromatic heterocycles. The molecule has 1 saturated heterocycles. The summed E-state index contributed by atoms with van der Waals surface area (Å²) in [5.41, 5.74) is 0.585. The van der Waals surface area contributed by atoms with Gasteiger partial charge in [0, 0.05) is 44.1 Å². The molecule has 0 spiro atoms. The summed E-state index contributed by atoms with van der Waals surface area (Å²) < 4.78 is 0. The van der Waals surface area contributed by atoms with E-state index in [1.807, 2.05) is 62.9 Å². The Morgan fingerprint density at radius 3 is 2.39 bits per heavy atom. The van der Waals surface area contributed by atoms with Gasteiger partial charge in [-0.1, -0.05) is 43.7 Å². The molecule has 2 rings (SSSR count). The maximum atomic E-state index is 13.4. The summed E-state index contributed by atoms with van der Waals surface area (Å²) in [6.45, 7) is 11.2. The predicted octanol–water partition coefficient (Wildman–Crippen LogP) is 2.94. The zero-order valence-corrected chi connectivity index (χ0v) is 19.6. The van der Waals surface area contributed by atoms with Crippen LogP contribution in [-0.2, 0) is 16.0 Å². The van der Waals surface area contributed by atoms with Gasteiger partial charge in [0.25, 0.3) is 0 Å². The first-order valence-corrected chi connectivity index (χ1v) is 11.3.